The third kappa shape index (κ3) is 3.53. The molecule has 1 aliphatic carbocycles. The number of rotatable bonds is 4. The van der Waals surface area contributed by atoms with Crippen LogP contribution in [0.15, 0.2) is 24.3 Å². The van der Waals surface area contributed by atoms with Crippen molar-refractivity contribution in [3.8, 4) is 0 Å². The van der Waals surface area contributed by atoms with Gasteiger partial charge in [0.2, 0.25) is 0 Å². The number of methoxy groups -OCH3 is 1. The molecule has 0 heterocycles. The lowest BCUT2D eigenvalue weighted by Gasteiger charge is -2.39. The predicted octanol–water partition coefficient (Wildman–Crippen LogP) is 4.97. The zero-order valence-electron chi connectivity index (χ0n) is 15.5. The van der Waals surface area contributed by atoms with Crippen molar-refractivity contribution in [1.82, 2.24) is 0 Å². The molecule has 0 aliphatic heterocycles. The van der Waals surface area contributed by atoms with Gasteiger partial charge in [-0.15, -0.1) is 0 Å². The van der Waals surface area contributed by atoms with Crippen molar-refractivity contribution in [3.05, 3.63) is 35.4 Å². The van der Waals surface area contributed by atoms with E-state index in [1.807, 2.05) is 6.07 Å². The number of benzene rings is 1. The molecule has 0 N–H and O–H groups in total. The minimum Gasteiger partial charge on any atom is -0.469 e. The van der Waals surface area contributed by atoms with Crippen LogP contribution in [-0.2, 0) is 19.4 Å². The van der Waals surface area contributed by atoms with Crippen LogP contribution in [0.1, 0.15) is 57.8 Å². The van der Waals surface area contributed by atoms with E-state index in [-0.39, 0.29) is 22.5 Å². The van der Waals surface area contributed by atoms with Gasteiger partial charge in [-0.3, -0.25) is 4.79 Å². The zero-order valence-corrected chi connectivity index (χ0v) is 16.5. The SMILES string of the molecule is COC(=O)C[C@@]1(C)C[C@H](O[Si](C)(C)C(C)(C)C)c2ccccc21. The number of hydrogen-bond acceptors (Lipinski definition) is 3. The van der Waals surface area contributed by atoms with Gasteiger partial charge in [0.15, 0.2) is 8.32 Å². The molecule has 23 heavy (non-hydrogen) atoms. The summed E-state index contributed by atoms with van der Waals surface area (Å²) in [5.74, 6) is -0.157. The first-order valence-corrected chi connectivity index (χ1v) is 11.2. The number of hydrogen-bond donors (Lipinski definition) is 0. The van der Waals surface area contributed by atoms with Crippen molar-refractivity contribution < 1.29 is 14.0 Å². The fourth-order valence-electron chi connectivity index (χ4n) is 3.15. The molecule has 0 unspecified atom stereocenters. The van der Waals surface area contributed by atoms with Gasteiger partial charge in [0.25, 0.3) is 0 Å². The van der Waals surface area contributed by atoms with Crippen molar-refractivity contribution in [3.63, 3.8) is 0 Å². The van der Waals surface area contributed by atoms with E-state index < -0.39 is 8.32 Å². The summed E-state index contributed by atoms with van der Waals surface area (Å²) in [6.07, 6.45) is 1.31. The van der Waals surface area contributed by atoms with Crippen molar-refractivity contribution in [2.75, 3.05) is 7.11 Å². The summed E-state index contributed by atoms with van der Waals surface area (Å²) in [5.41, 5.74) is 2.26. The first-order chi connectivity index (χ1) is 10.5. The molecular formula is C19H30O3Si. The lowest BCUT2D eigenvalue weighted by atomic mass is 9.81. The summed E-state index contributed by atoms with van der Waals surface area (Å²) in [6.45, 7) is 13.5. The number of ether oxygens (including phenoxy) is 1. The van der Waals surface area contributed by atoms with Crippen LogP contribution in [-0.4, -0.2) is 21.4 Å². The molecule has 0 saturated carbocycles. The second-order valence-corrected chi connectivity index (χ2v) is 13.2. The largest absolute Gasteiger partial charge is 0.469 e. The third-order valence-electron chi connectivity index (χ3n) is 5.60. The van der Waals surface area contributed by atoms with Gasteiger partial charge >= 0.3 is 5.97 Å². The van der Waals surface area contributed by atoms with E-state index >= 15 is 0 Å². The molecule has 0 aromatic heterocycles. The first-order valence-electron chi connectivity index (χ1n) is 8.34. The quantitative estimate of drug-likeness (QED) is 0.576. The Kier molecular flexibility index (Phi) is 4.80. The summed E-state index contributed by atoms with van der Waals surface area (Å²) in [4.78, 5) is 11.9. The Hall–Kier alpha value is -1.13. The Morgan fingerprint density at radius 2 is 1.91 bits per heavy atom. The van der Waals surface area contributed by atoms with Crippen molar-refractivity contribution >= 4 is 14.3 Å². The highest BCUT2D eigenvalue weighted by Crippen LogP contribution is 2.51. The summed E-state index contributed by atoms with van der Waals surface area (Å²) in [6, 6.07) is 8.39. The fraction of sp³-hybridized carbons (Fsp3) is 0.632. The standard InChI is InChI=1S/C19H30O3Si/c1-18(2,3)23(6,7)22-16-12-19(4,13-17(20)21-5)15-11-9-8-10-14(15)16/h8-11,16H,12-13H2,1-7H3/t16-,19+/m0/s1. The molecule has 1 aromatic carbocycles. The van der Waals surface area contributed by atoms with E-state index in [0.717, 1.165) is 6.42 Å². The van der Waals surface area contributed by atoms with Gasteiger partial charge in [-0.2, -0.15) is 0 Å². The van der Waals surface area contributed by atoms with Crippen LogP contribution in [0.5, 0.6) is 0 Å². The van der Waals surface area contributed by atoms with Gasteiger partial charge in [-0.05, 0) is 35.7 Å². The van der Waals surface area contributed by atoms with Gasteiger partial charge in [0.1, 0.15) is 0 Å². The van der Waals surface area contributed by atoms with E-state index in [0.29, 0.717) is 6.42 Å². The maximum absolute atomic E-state index is 11.9. The third-order valence-corrected chi connectivity index (χ3v) is 10.1. The monoisotopic (exact) mass is 334 g/mol. The van der Waals surface area contributed by atoms with Crippen LogP contribution < -0.4 is 0 Å². The summed E-state index contributed by atoms with van der Waals surface area (Å²) in [5, 5.41) is 0.170. The Labute approximate surface area is 141 Å². The molecule has 0 bridgehead atoms. The molecule has 0 amide bonds. The molecule has 2 atom stereocenters. The first kappa shape index (κ1) is 18.2. The van der Waals surface area contributed by atoms with Crippen LogP contribution in [0.3, 0.4) is 0 Å². The number of esters is 1. The number of carbonyl (C=O) groups is 1. The lowest BCUT2D eigenvalue weighted by Crippen LogP contribution is -2.41. The van der Waals surface area contributed by atoms with Crippen LogP contribution >= 0.6 is 0 Å². The molecule has 0 saturated heterocycles. The second kappa shape index (κ2) is 6.06. The van der Waals surface area contributed by atoms with Crippen LogP contribution in [0.4, 0.5) is 0 Å². The van der Waals surface area contributed by atoms with Crippen molar-refractivity contribution in [1.29, 1.82) is 0 Å². The normalized spacial score (nSPS) is 24.4. The Morgan fingerprint density at radius 3 is 2.48 bits per heavy atom. The topological polar surface area (TPSA) is 35.5 Å². The number of carbonyl (C=O) groups excluding carboxylic acids is 1. The van der Waals surface area contributed by atoms with E-state index in [1.165, 1.54) is 18.2 Å². The average molecular weight is 335 g/mol. The van der Waals surface area contributed by atoms with Crippen LogP contribution in [0, 0.1) is 0 Å². The van der Waals surface area contributed by atoms with Crippen LogP contribution in [0.25, 0.3) is 0 Å². The molecule has 2 rings (SSSR count). The Balaban J connectivity index is 2.33. The van der Waals surface area contributed by atoms with Crippen molar-refractivity contribution in [2.24, 2.45) is 0 Å². The summed E-state index contributed by atoms with van der Waals surface area (Å²) in [7, 11) is -0.411. The molecule has 128 valence electrons. The second-order valence-electron chi connectivity index (χ2n) is 8.47. The Bertz CT molecular complexity index is 589. The smallest absolute Gasteiger partial charge is 0.306 e. The summed E-state index contributed by atoms with van der Waals surface area (Å²) < 4.78 is 11.6. The average Bonchev–Trinajstić information content (AvgIpc) is 2.70. The molecular weight excluding hydrogens is 304 g/mol. The minimum absolute atomic E-state index is 0.0711. The van der Waals surface area contributed by atoms with Gasteiger partial charge in [0.05, 0.1) is 19.6 Å². The van der Waals surface area contributed by atoms with Gasteiger partial charge in [-0.1, -0.05) is 52.0 Å². The van der Waals surface area contributed by atoms with E-state index in [2.05, 4.69) is 59.0 Å². The fourth-order valence-corrected chi connectivity index (χ4v) is 4.43. The van der Waals surface area contributed by atoms with Gasteiger partial charge < -0.3 is 9.16 Å². The maximum Gasteiger partial charge on any atom is 0.306 e. The summed E-state index contributed by atoms with van der Waals surface area (Å²) >= 11 is 0. The van der Waals surface area contributed by atoms with Gasteiger partial charge in [-0.25, -0.2) is 0 Å². The molecule has 0 spiro atoms. The molecule has 1 aliphatic rings. The Morgan fingerprint density at radius 1 is 1.30 bits per heavy atom. The van der Waals surface area contributed by atoms with Crippen molar-refractivity contribution in [2.45, 2.75) is 70.2 Å². The zero-order chi connectivity index (χ0) is 17.5. The van der Waals surface area contributed by atoms with Crippen LogP contribution in [0.2, 0.25) is 18.1 Å². The molecule has 3 nitrogen and oxygen atoms in total. The predicted molar refractivity (Wildman–Crippen MR) is 96.1 cm³/mol. The highest BCUT2D eigenvalue weighted by molar-refractivity contribution is 6.74. The lowest BCUT2D eigenvalue weighted by molar-refractivity contribution is -0.142. The molecule has 0 radical (unpaired) electrons. The highest BCUT2D eigenvalue weighted by atomic mass is 28.4. The van der Waals surface area contributed by atoms with Gasteiger partial charge in [0, 0.05) is 5.41 Å². The van der Waals surface area contributed by atoms with E-state index in [4.69, 9.17) is 9.16 Å². The maximum atomic E-state index is 11.9. The highest BCUT2D eigenvalue weighted by Gasteiger charge is 2.46. The molecule has 0 fully saturated rings. The van der Waals surface area contributed by atoms with E-state index in [1.54, 1.807) is 0 Å². The number of fused-ring (bicyclic) bond motifs is 1. The molecule has 1 aromatic rings. The minimum atomic E-state index is -1.87. The molecule has 4 heteroatoms. The van der Waals surface area contributed by atoms with E-state index in [9.17, 15) is 4.79 Å².